The van der Waals surface area contributed by atoms with E-state index in [4.69, 9.17) is 24.4 Å². The van der Waals surface area contributed by atoms with E-state index in [0.29, 0.717) is 23.2 Å². The van der Waals surface area contributed by atoms with Gasteiger partial charge in [-0.15, -0.1) is 0 Å². The maximum absolute atomic E-state index is 6.12. The molecule has 0 spiro atoms. The third kappa shape index (κ3) is 4.65. The zero-order chi connectivity index (χ0) is 33.0. The Morgan fingerprint density at radius 1 is 0.400 bits per heavy atom. The van der Waals surface area contributed by atoms with Gasteiger partial charge in [0, 0.05) is 44.6 Å². The predicted octanol–water partition coefficient (Wildman–Crippen LogP) is 10.9. The highest BCUT2D eigenvalue weighted by atomic mass is 16.3. The Bertz CT molecular complexity index is 2820. The van der Waals surface area contributed by atoms with Gasteiger partial charge in [-0.3, -0.25) is 4.98 Å². The molecular weight excluding hydrogens is 615 g/mol. The van der Waals surface area contributed by atoms with Gasteiger partial charge in [0.15, 0.2) is 17.5 Å². The van der Waals surface area contributed by atoms with Gasteiger partial charge in [0.1, 0.15) is 16.9 Å². The number of fused-ring (bicyclic) bond motifs is 6. The van der Waals surface area contributed by atoms with Crippen molar-refractivity contribution in [3.8, 4) is 51.1 Å². The minimum Gasteiger partial charge on any atom is -0.456 e. The SMILES string of the molecule is c1ccc(-c2nc(-c3ccccc3)nc(-c3cc(-n4c5ccccc5c5ccc(-c6ccc7oc8ccccc8c7c6)cc54)ccn3)n2)cc1. The standard InChI is InChI=1S/C44H27N5O/c1-3-11-28(12-4-1)42-46-43(29-13-5-2-6-14-29)48-44(47-42)37-27-32(23-24-45-37)49-38-17-9-7-15-33(38)34-21-19-31(26-39(34)49)30-20-22-41-36(25-30)35-16-8-10-18-40(35)50-41/h1-27H. The molecule has 10 aromatic rings. The molecule has 50 heavy (non-hydrogen) atoms. The summed E-state index contributed by atoms with van der Waals surface area (Å²) in [6, 6.07) is 54.0. The van der Waals surface area contributed by atoms with Crippen LogP contribution >= 0.6 is 0 Å². The third-order valence-corrected chi connectivity index (χ3v) is 9.31. The first-order valence-electron chi connectivity index (χ1n) is 16.6. The van der Waals surface area contributed by atoms with Crippen molar-refractivity contribution >= 4 is 43.7 Å². The molecule has 0 saturated carbocycles. The molecule has 234 valence electrons. The molecule has 0 saturated heterocycles. The van der Waals surface area contributed by atoms with E-state index in [1.165, 1.54) is 10.8 Å². The summed E-state index contributed by atoms with van der Waals surface area (Å²) < 4.78 is 8.43. The van der Waals surface area contributed by atoms with Crippen LogP contribution in [0.15, 0.2) is 168 Å². The molecule has 6 aromatic carbocycles. The van der Waals surface area contributed by atoms with Crippen LogP contribution in [0.1, 0.15) is 0 Å². The van der Waals surface area contributed by atoms with Gasteiger partial charge < -0.3 is 8.98 Å². The second kappa shape index (κ2) is 11.4. The van der Waals surface area contributed by atoms with Gasteiger partial charge in [-0.25, -0.2) is 15.0 Å². The van der Waals surface area contributed by atoms with Crippen LogP contribution < -0.4 is 0 Å². The Hall–Kier alpha value is -6.92. The van der Waals surface area contributed by atoms with Crippen molar-refractivity contribution in [3.63, 3.8) is 0 Å². The van der Waals surface area contributed by atoms with Crippen molar-refractivity contribution in [3.05, 3.63) is 164 Å². The summed E-state index contributed by atoms with van der Waals surface area (Å²) in [5, 5.41) is 4.59. The number of benzene rings is 6. The highest BCUT2D eigenvalue weighted by Crippen LogP contribution is 2.37. The van der Waals surface area contributed by atoms with E-state index in [9.17, 15) is 0 Å². The summed E-state index contributed by atoms with van der Waals surface area (Å²) >= 11 is 0. The molecule has 0 amide bonds. The second-order valence-corrected chi connectivity index (χ2v) is 12.3. The van der Waals surface area contributed by atoms with Crippen molar-refractivity contribution in [2.45, 2.75) is 0 Å². The Labute approximate surface area is 287 Å². The number of hydrogen-bond acceptors (Lipinski definition) is 5. The first-order chi connectivity index (χ1) is 24.8. The molecule has 0 aliphatic rings. The Balaban J connectivity index is 1.15. The molecule has 6 nitrogen and oxygen atoms in total. The minimum absolute atomic E-state index is 0.515. The number of nitrogens with zero attached hydrogens (tertiary/aromatic N) is 5. The molecule has 0 aliphatic carbocycles. The van der Waals surface area contributed by atoms with Crippen LogP contribution in [-0.4, -0.2) is 24.5 Å². The van der Waals surface area contributed by atoms with E-state index in [-0.39, 0.29) is 0 Å². The number of aromatic nitrogens is 5. The minimum atomic E-state index is 0.515. The monoisotopic (exact) mass is 641 g/mol. The van der Waals surface area contributed by atoms with Crippen molar-refractivity contribution in [2.24, 2.45) is 0 Å². The van der Waals surface area contributed by atoms with Gasteiger partial charge in [0.25, 0.3) is 0 Å². The predicted molar refractivity (Wildman–Crippen MR) is 201 cm³/mol. The molecule has 6 heteroatoms. The van der Waals surface area contributed by atoms with E-state index in [2.05, 4.69) is 83.4 Å². The highest BCUT2D eigenvalue weighted by Gasteiger charge is 2.17. The molecule has 10 rings (SSSR count). The number of hydrogen-bond donors (Lipinski definition) is 0. The fraction of sp³-hybridized carbons (Fsp3) is 0. The van der Waals surface area contributed by atoms with Crippen molar-refractivity contribution < 1.29 is 4.42 Å². The van der Waals surface area contributed by atoms with Crippen molar-refractivity contribution in [2.75, 3.05) is 0 Å². The Kier molecular flexibility index (Phi) is 6.39. The van der Waals surface area contributed by atoms with Crippen LogP contribution in [0.25, 0.3) is 94.9 Å². The lowest BCUT2D eigenvalue weighted by Gasteiger charge is -2.11. The molecule has 4 aromatic heterocycles. The maximum atomic E-state index is 6.12. The molecular formula is C44H27N5O. The molecule has 0 unspecified atom stereocenters. The zero-order valence-electron chi connectivity index (χ0n) is 26.7. The van der Waals surface area contributed by atoms with Crippen LogP contribution in [-0.2, 0) is 0 Å². The van der Waals surface area contributed by atoms with Gasteiger partial charge in [-0.1, -0.05) is 115 Å². The first kappa shape index (κ1) is 28.1. The lowest BCUT2D eigenvalue weighted by molar-refractivity contribution is 0.669. The van der Waals surface area contributed by atoms with Crippen LogP contribution in [0.4, 0.5) is 0 Å². The molecule has 0 radical (unpaired) electrons. The third-order valence-electron chi connectivity index (χ3n) is 9.31. The van der Waals surface area contributed by atoms with Gasteiger partial charge in [-0.2, -0.15) is 0 Å². The van der Waals surface area contributed by atoms with E-state index >= 15 is 0 Å². The largest absolute Gasteiger partial charge is 0.456 e. The average Bonchev–Trinajstić information content (AvgIpc) is 3.73. The maximum Gasteiger partial charge on any atom is 0.182 e. The molecule has 0 aliphatic heterocycles. The van der Waals surface area contributed by atoms with E-state index in [0.717, 1.165) is 60.9 Å². The molecule has 0 N–H and O–H groups in total. The zero-order valence-corrected chi connectivity index (χ0v) is 26.7. The lowest BCUT2D eigenvalue weighted by Crippen LogP contribution is -2.02. The van der Waals surface area contributed by atoms with Gasteiger partial charge in [-0.05, 0) is 53.6 Å². The molecule has 4 heterocycles. The second-order valence-electron chi connectivity index (χ2n) is 12.3. The van der Waals surface area contributed by atoms with Crippen LogP contribution in [0.2, 0.25) is 0 Å². The topological polar surface area (TPSA) is 69.6 Å². The van der Waals surface area contributed by atoms with Gasteiger partial charge in [0.05, 0.1) is 11.0 Å². The summed E-state index contributed by atoms with van der Waals surface area (Å²) in [6.07, 6.45) is 1.83. The molecule has 0 bridgehead atoms. The van der Waals surface area contributed by atoms with Crippen LogP contribution in [0.3, 0.4) is 0 Å². The highest BCUT2D eigenvalue weighted by molar-refractivity contribution is 6.11. The van der Waals surface area contributed by atoms with E-state index in [1.54, 1.807) is 0 Å². The Morgan fingerprint density at radius 2 is 1.00 bits per heavy atom. The average molecular weight is 642 g/mol. The Morgan fingerprint density at radius 3 is 1.78 bits per heavy atom. The number of rotatable bonds is 5. The van der Waals surface area contributed by atoms with Crippen LogP contribution in [0, 0.1) is 0 Å². The molecule has 0 atom stereocenters. The summed E-state index contributed by atoms with van der Waals surface area (Å²) in [4.78, 5) is 19.5. The van der Waals surface area contributed by atoms with Crippen molar-refractivity contribution in [1.82, 2.24) is 24.5 Å². The fourth-order valence-electron chi connectivity index (χ4n) is 6.94. The lowest BCUT2D eigenvalue weighted by atomic mass is 10.0. The van der Waals surface area contributed by atoms with E-state index < -0.39 is 0 Å². The van der Waals surface area contributed by atoms with Crippen molar-refractivity contribution in [1.29, 1.82) is 0 Å². The van der Waals surface area contributed by atoms with Crippen LogP contribution in [0.5, 0.6) is 0 Å². The quantitative estimate of drug-likeness (QED) is 0.187. The van der Waals surface area contributed by atoms with Gasteiger partial charge in [0.2, 0.25) is 0 Å². The normalized spacial score (nSPS) is 11.6. The number of para-hydroxylation sites is 2. The molecule has 0 fully saturated rings. The smallest absolute Gasteiger partial charge is 0.182 e. The summed E-state index contributed by atoms with van der Waals surface area (Å²) in [5.74, 6) is 1.72. The number of pyridine rings is 1. The number of furan rings is 1. The fourth-order valence-corrected chi connectivity index (χ4v) is 6.94. The summed E-state index contributed by atoms with van der Waals surface area (Å²) in [6.45, 7) is 0. The summed E-state index contributed by atoms with van der Waals surface area (Å²) in [5.41, 5.74) is 9.72. The summed E-state index contributed by atoms with van der Waals surface area (Å²) in [7, 11) is 0. The van der Waals surface area contributed by atoms with Gasteiger partial charge >= 0.3 is 0 Å². The van der Waals surface area contributed by atoms with E-state index in [1.807, 2.05) is 85.1 Å². The first-order valence-corrected chi connectivity index (χ1v) is 16.6.